The first-order valence-electron chi connectivity index (χ1n) is 9.05. The zero-order valence-corrected chi connectivity index (χ0v) is 15.4. The van der Waals surface area contributed by atoms with Crippen molar-refractivity contribution in [2.24, 2.45) is 5.92 Å². The van der Waals surface area contributed by atoms with E-state index in [0.29, 0.717) is 16.9 Å². The first-order chi connectivity index (χ1) is 12.0. The maximum absolute atomic E-state index is 9.68. The Balaban J connectivity index is 1.78. The molecule has 4 rings (SSSR count). The number of fused-ring (bicyclic) bond motifs is 3. The van der Waals surface area contributed by atoms with E-state index in [9.17, 15) is 5.11 Å². The molecule has 1 fully saturated rings. The van der Waals surface area contributed by atoms with E-state index in [0.717, 1.165) is 30.7 Å². The minimum absolute atomic E-state index is 0.0933. The molecule has 2 aliphatic rings. The minimum atomic E-state index is 0.0933. The van der Waals surface area contributed by atoms with E-state index in [2.05, 4.69) is 37.4 Å². The van der Waals surface area contributed by atoms with Crippen molar-refractivity contribution in [3.8, 4) is 5.75 Å². The van der Waals surface area contributed by atoms with Gasteiger partial charge in [0.2, 0.25) is 0 Å². The van der Waals surface area contributed by atoms with E-state index < -0.39 is 0 Å². The summed E-state index contributed by atoms with van der Waals surface area (Å²) in [5, 5.41) is 14.0. The van der Waals surface area contributed by atoms with Crippen LogP contribution >= 0.6 is 11.6 Å². The van der Waals surface area contributed by atoms with Gasteiger partial charge in [0.25, 0.3) is 0 Å². The van der Waals surface area contributed by atoms with Gasteiger partial charge in [-0.05, 0) is 48.1 Å². The van der Waals surface area contributed by atoms with E-state index >= 15 is 0 Å². The van der Waals surface area contributed by atoms with Gasteiger partial charge < -0.3 is 15.2 Å². The van der Waals surface area contributed by atoms with Gasteiger partial charge in [0.05, 0.1) is 12.1 Å². The quantitative estimate of drug-likeness (QED) is 0.713. The SMILES string of the molecule is CC(C)c1ccc2c(c1)C1OCCCC1C(c1ccc(O)cc1Cl)N2. The van der Waals surface area contributed by atoms with Gasteiger partial charge in [0.1, 0.15) is 5.75 Å². The van der Waals surface area contributed by atoms with Crippen molar-refractivity contribution < 1.29 is 9.84 Å². The summed E-state index contributed by atoms with van der Waals surface area (Å²) >= 11 is 6.45. The Labute approximate surface area is 154 Å². The fourth-order valence-electron chi connectivity index (χ4n) is 4.12. The summed E-state index contributed by atoms with van der Waals surface area (Å²) in [6, 6.07) is 12.0. The Kier molecular flexibility index (Phi) is 4.38. The molecule has 2 aromatic rings. The van der Waals surface area contributed by atoms with Crippen LogP contribution in [-0.2, 0) is 4.74 Å². The third-order valence-electron chi connectivity index (χ3n) is 5.48. The van der Waals surface area contributed by atoms with Gasteiger partial charge >= 0.3 is 0 Å². The highest BCUT2D eigenvalue weighted by molar-refractivity contribution is 6.31. The minimum Gasteiger partial charge on any atom is -0.508 e. The lowest BCUT2D eigenvalue weighted by atomic mass is 9.77. The number of anilines is 1. The molecule has 0 amide bonds. The lowest BCUT2D eigenvalue weighted by molar-refractivity contribution is -0.0381. The summed E-state index contributed by atoms with van der Waals surface area (Å²) in [5.41, 5.74) is 4.76. The Morgan fingerprint density at radius 2 is 2.00 bits per heavy atom. The van der Waals surface area contributed by atoms with Crippen LogP contribution in [0.2, 0.25) is 5.02 Å². The van der Waals surface area contributed by atoms with Gasteiger partial charge in [-0.3, -0.25) is 0 Å². The second kappa shape index (κ2) is 6.54. The zero-order chi connectivity index (χ0) is 17.6. The maximum Gasteiger partial charge on any atom is 0.117 e. The van der Waals surface area contributed by atoms with Crippen LogP contribution in [0.4, 0.5) is 5.69 Å². The van der Waals surface area contributed by atoms with Crippen molar-refractivity contribution in [1.29, 1.82) is 0 Å². The topological polar surface area (TPSA) is 41.5 Å². The van der Waals surface area contributed by atoms with Gasteiger partial charge in [0.15, 0.2) is 0 Å². The fraction of sp³-hybridized carbons (Fsp3) is 0.429. The molecular weight excluding hydrogens is 334 g/mol. The smallest absolute Gasteiger partial charge is 0.117 e. The highest BCUT2D eigenvalue weighted by atomic mass is 35.5. The number of aromatic hydroxyl groups is 1. The molecule has 132 valence electrons. The van der Waals surface area contributed by atoms with Crippen molar-refractivity contribution >= 4 is 17.3 Å². The van der Waals surface area contributed by atoms with Crippen molar-refractivity contribution in [3.05, 3.63) is 58.1 Å². The van der Waals surface area contributed by atoms with Crippen LogP contribution in [0.15, 0.2) is 36.4 Å². The number of ether oxygens (including phenoxy) is 1. The summed E-state index contributed by atoms with van der Waals surface area (Å²) in [5.74, 6) is 1.03. The maximum atomic E-state index is 9.68. The second-order valence-electron chi connectivity index (χ2n) is 7.43. The van der Waals surface area contributed by atoms with E-state index in [-0.39, 0.29) is 17.9 Å². The lowest BCUT2D eigenvalue weighted by Gasteiger charge is -2.43. The number of benzene rings is 2. The van der Waals surface area contributed by atoms with Gasteiger partial charge in [0, 0.05) is 28.8 Å². The van der Waals surface area contributed by atoms with Crippen LogP contribution in [0.5, 0.6) is 5.75 Å². The molecule has 0 aliphatic carbocycles. The van der Waals surface area contributed by atoms with E-state index in [1.165, 1.54) is 11.1 Å². The molecule has 0 saturated carbocycles. The predicted molar refractivity (Wildman–Crippen MR) is 101 cm³/mol. The Bertz CT molecular complexity index is 789. The van der Waals surface area contributed by atoms with Crippen LogP contribution in [0, 0.1) is 5.92 Å². The Hall–Kier alpha value is -1.71. The number of nitrogens with one attached hydrogen (secondary N) is 1. The van der Waals surface area contributed by atoms with Gasteiger partial charge in [-0.25, -0.2) is 0 Å². The van der Waals surface area contributed by atoms with Gasteiger partial charge in [-0.15, -0.1) is 0 Å². The molecular formula is C21H24ClNO2. The average molecular weight is 358 g/mol. The number of halogens is 1. The third kappa shape index (κ3) is 3.00. The highest BCUT2D eigenvalue weighted by Gasteiger charge is 2.40. The molecule has 0 aromatic heterocycles. The van der Waals surface area contributed by atoms with Crippen LogP contribution < -0.4 is 5.32 Å². The second-order valence-corrected chi connectivity index (χ2v) is 7.83. The number of rotatable bonds is 2. The predicted octanol–water partition coefficient (Wildman–Crippen LogP) is 5.80. The molecule has 2 aromatic carbocycles. The van der Waals surface area contributed by atoms with Crippen LogP contribution in [0.25, 0.3) is 0 Å². The molecule has 4 heteroatoms. The van der Waals surface area contributed by atoms with Crippen molar-refractivity contribution in [2.75, 3.05) is 11.9 Å². The monoisotopic (exact) mass is 357 g/mol. The summed E-state index contributed by atoms with van der Waals surface area (Å²) in [6.45, 7) is 5.25. The molecule has 0 bridgehead atoms. The largest absolute Gasteiger partial charge is 0.508 e. The Morgan fingerprint density at radius 1 is 1.16 bits per heavy atom. The molecule has 2 aliphatic heterocycles. The first-order valence-corrected chi connectivity index (χ1v) is 9.43. The molecule has 25 heavy (non-hydrogen) atoms. The molecule has 0 spiro atoms. The van der Waals surface area contributed by atoms with Crippen molar-refractivity contribution in [3.63, 3.8) is 0 Å². The standard InChI is InChI=1S/C21H24ClNO2/c1-12(2)13-5-8-19-17(10-13)21-16(4-3-9-25-21)20(23-19)15-7-6-14(24)11-18(15)22/h5-8,10-12,16,20-21,23-24H,3-4,9H2,1-2H3. The highest BCUT2D eigenvalue weighted by Crippen LogP contribution is 2.50. The molecule has 1 saturated heterocycles. The van der Waals surface area contributed by atoms with Crippen LogP contribution in [0.1, 0.15) is 61.4 Å². The van der Waals surface area contributed by atoms with E-state index in [1.807, 2.05) is 6.07 Å². The molecule has 3 unspecified atom stereocenters. The zero-order valence-electron chi connectivity index (χ0n) is 14.6. The first kappa shape index (κ1) is 16.7. The molecule has 2 N–H and O–H groups in total. The number of phenolic OH excluding ortho intramolecular Hbond substituents is 1. The van der Waals surface area contributed by atoms with Crippen molar-refractivity contribution in [1.82, 2.24) is 0 Å². The Morgan fingerprint density at radius 3 is 2.76 bits per heavy atom. The molecule has 2 heterocycles. The van der Waals surface area contributed by atoms with Crippen LogP contribution in [-0.4, -0.2) is 11.7 Å². The molecule has 3 atom stereocenters. The normalized spacial score (nSPS) is 25.2. The fourth-order valence-corrected chi connectivity index (χ4v) is 4.42. The van der Waals surface area contributed by atoms with Crippen LogP contribution in [0.3, 0.4) is 0 Å². The summed E-state index contributed by atoms with van der Waals surface area (Å²) < 4.78 is 6.23. The average Bonchev–Trinajstić information content (AvgIpc) is 2.61. The summed E-state index contributed by atoms with van der Waals surface area (Å²) in [4.78, 5) is 0. The van der Waals surface area contributed by atoms with E-state index in [4.69, 9.17) is 16.3 Å². The number of phenols is 1. The molecule has 3 nitrogen and oxygen atoms in total. The van der Waals surface area contributed by atoms with Gasteiger partial charge in [-0.1, -0.05) is 43.6 Å². The lowest BCUT2D eigenvalue weighted by Crippen LogP contribution is -2.36. The molecule has 0 radical (unpaired) electrons. The number of hydrogen-bond donors (Lipinski definition) is 2. The van der Waals surface area contributed by atoms with Gasteiger partial charge in [-0.2, -0.15) is 0 Å². The third-order valence-corrected chi connectivity index (χ3v) is 5.80. The summed E-state index contributed by atoms with van der Waals surface area (Å²) in [6.07, 6.45) is 2.26. The summed E-state index contributed by atoms with van der Waals surface area (Å²) in [7, 11) is 0. The van der Waals surface area contributed by atoms with E-state index in [1.54, 1.807) is 12.1 Å². The number of hydrogen-bond acceptors (Lipinski definition) is 3. The van der Waals surface area contributed by atoms with Crippen molar-refractivity contribution in [2.45, 2.75) is 44.8 Å².